The van der Waals surface area contributed by atoms with Gasteiger partial charge in [-0.3, -0.25) is 9.59 Å². The fourth-order valence-corrected chi connectivity index (χ4v) is 6.82. The molecule has 4 aliphatic rings. The maximum atomic E-state index is 13.3. The highest BCUT2D eigenvalue weighted by Crippen LogP contribution is 2.60. The largest absolute Gasteiger partial charge is 0.490 e. The van der Waals surface area contributed by atoms with Crippen LogP contribution >= 0.6 is 0 Å². The summed E-state index contributed by atoms with van der Waals surface area (Å²) in [6.07, 6.45) is 10.9. The molecule has 5 heteroatoms. The molecule has 4 aliphatic carbocycles. The molecule has 0 unspecified atom stereocenters. The summed E-state index contributed by atoms with van der Waals surface area (Å²) in [5.74, 6) is 3.40. The number of amides is 1. The van der Waals surface area contributed by atoms with Crippen LogP contribution in [0.5, 0.6) is 11.5 Å². The summed E-state index contributed by atoms with van der Waals surface area (Å²) in [5, 5.41) is 2.88. The van der Waals surface area contributed by atoms with Gasteiger partial charge < -0.3 is 14.8 Å². The van der Waals surface area contributed by atoms with E-state index in [4.69, 9.17) is 9.47 Å². The lowest BCUT2D eigenvalue weighted by Gasteiger charge is -2.55. The summed E-state index contributed by atoms with van der Waals surface area (Å²) in [7, 11) is 0. The van der Waals surface area contributed by atoms with Crippen LogP contribution in [0, 0.1) is 30.1 Å². The highest BCUT2D eigenvalue weighted by atomic mass is 16.5. The topological polar surface area (TPSA) is 64.6 Å². The number of para-hydroxylation sites is 1. The van der Waals surface area contributed by atoms with Crippen LogP contribution in [0.2, 0.25) is 0 Å². The zero-order chi connectivity index (χ0) is 24.4. The number of benzene rings is 2. The van der Waals surface area contributed by atoms with Gasteiger partial charge in [0.15, 0.2) is 23.9 Å². The van der Waals surface area contributed by atoms with Crippen LogP contribution in [-0.4, -0.2) is 24.9 Å². The van der Waals surface area contributed by atoms with E-state index in [1.54, 1.807) is 12.1 Å². The van der Waals surface area contributed by atoms with Crippen molar-refractivity contribution in [2.75, 3.05) is 18.5 Å². The molecule has 2 aromatic rings. The highest BCUT2D eigenvalue weighted by molar-refractivity contribution is 5.98. The van der Waals surface area contributed by atoms with Crippen molar-refractivity contribution in [3.8, 4) is 11.5 Å². The molecule has 184 valence electrons. The number of ether oxygens (including phenoxy) is 2. The van der Waals surface area contributed by atoms with E-state index in [0.29, 0.717) is 23.9 Å². The second-order valence-corrected chi connectivity index (χ2v) is 10.7. The predicted octanol–water partition coefficient (Wildman–Crippen LogP) is 6.21. The average molecular weight is 474 g/mol. The van der Waals surface area contributed by atoms with Crippen LogP contribution in [0.1, 0.15) is 56.6 Å². The summed E-state index contributed by atoms with van der Waals surface area (Å²) < 4.78 is 11.6. The van der Waals surface area contributed by atoms with E-state index < -0.39 is 0 Å². The van der Waals surface area contributed by atoms with Crippen LogP contribution in [0.4, 0.5) is 5.69 Å². The summed E-state index contributed by atoms with van der Waals surface area (Å²) in [6, 6.07) is 13.2. The zero-order valence-corrected chi connectivity index (χ0v) is 20.7. The first kappa shape index (κ1) is 23.7. The number of nitrogens with one attached hydrogen (secondary N) is 1. The maximum Gasteiger partial charge on any atom is 0.262 e. The SMILES string of the molecule is CCOc1cc(/C=C/C(=O)C23CC4CC(CC(C4)C2)C3)ccc1OCC(=O)Nc1ccccc1C. The first-order chi connectivity index (χ1) is 16.9. The number of ketones is 1. The molecule has 0 saturated heterocycles. The van der Waals surface area contributed by atoms with Crippen molar-refractivity contribution in [3.05, 3.63) is 59.7 Å². The standard InChI is InChI=1S/C30H35NO4/c1-3-34-27-15-21(8-10-26(27)35-19-29(33)31-25-7-5-4-6-20(25)2)9-11-28(32)30-16-22-12-23(17-30)14-24(13-22)18-30/h4-11,15,22-24H,3,12-14,16-19H2,1-2H3,(H,31,33)/b11-9+. The minimum absolute atomic E-state index is 0.117. The van der Waals surface area contributed by atoms with Gasteiger partial charge in [0.25, 0.3) is 5.91 Å². The lowest BCUT2D eigenvalue weighted by molar-refractivity contribution is -0.138. The van der Waals surface area contributed by atoms with Crippen LogP contribution in [0.3, 0.4) is 0 Å². The van der Waals surface area contributed by atoms with Gasteiger partial charge in [-0.05, 0) is 106 Å². The summed E-state index contributed by atoms with van der Waals surface area (Å²) in [5.41, 5.74) is 2.54. The van der Waals surface area contributed by atoms with Crippen molar-refractivity contribution in [2.24, 2.45) is 23.2 Å². The van der Waals surface area contributed by atoms with Crippen LogP contribution < -0.4 is 14.8 Å². The number of hydrogen-bond acceptors (Lipinski definition) is 4. The summed E-state index contributed by atoms with van der Waals surface area (Å²) in [4.78, 5) is 25.7. The minimum atomic E-state index is -0.230. The molecular formula is C30H35NO4. The quantitative estimate of drug-likeness (QED) is 0.440. The molecule has 0 heterocycles. The van der Waals surface area contributed by atoms with Gasteiger partial charge >= 0.3 is 0 Å². The van der Waals surface area contributed by atoms with Crippen molar-refractivity contribution in [1.82, 2.24) is 0 Å². The molecule has 0 radical (unpaired) electrons. The Hall–Kier alpha value is -3.08. The Balaban J connectivity index is 1.23. The van der Waals surface area contributed by atoms with Gasteiger partial charge in [0.2, 0.25) is 0 Å². The molecule has 6 rings (SSSR count). The van der Waals surface area contributed by atoms with Crippen molar-refractivity contribution in [2.45, 2.75) is 52.4 Å². The second-order valence-electron chi connectivity index (χ2n) is 10.7. The zero-order valence-electron chi connectivity index (χ0n) is 20.7. The molecule has 35 heavy (non-hydrogen) atoms. The van der Waals surface area contributed by atoms with Crippen molar-refractivity contribution in [3.63, 3.8) is 0 Å². The lowest BCUT2D eigenvalue weighted by Crippen LogP contribution is -2.49. The summed E-state index contributed by atoms with van der Waals surface area (Å²) in [6.45, 7) is 4.22. The third-order valence-electron chi connectivity index (χ3n) is 8.03. The van der Waals surface area contributed by atoms with Gasteiger partial charge in [0.05, 0.1) is 6.61 Å². The smallest absolute Gasteiger partial charge is 0.262 e. The van der Waals surface area contributed by atoms with E-state index in [9.17, 15) is 9.59 Å². The predicted molar refractivity (Wildman–Crippen MR) is 138 cm³/mol. The summed E-state index contributed by atoms with van der Waals surface area (Å²) >= 11 is 0. The van der Waals surface area contributed by atoms with Gasteiger partial charge in [0.1, 0.15) is 0 Å². The van der Waals surface area contributed by atoms with Gasteiger partial charge in [-0.15, -0.1) is 0 Å². The van der Waals surface area contributed by atoms with Gasteiger partial charge in [-0.2, -0.15) is 0 Å². The number of anilines is 1. The monoisotopic (exact) mass is 473 g/mol. The Labute approximate surface area is 207 Å². The van der Waals surface area contributed by atoms with E-state index in [1.165, 1.54) is 19.3 Å². The minimum Gasteiger partial charge on any atom is -0.490 e. The number of carbonyl (C=O) groups excluding carboxylic acids is 2. The highest BCUT2D eigenvalue weighted by Gasteiger charge is 2.53. The van der Waals surface area contributed by atoms with E-state index >= 15 is 0 Å². The van der Waals surface area contributed by atoms with Gasteiger partial charge in [0, 0.05) is 11.1 Å². The van der Waals surface area contributed by atoms with Crippen LogP contribution in [-0.2, 0) is 9.59 Å². The van der Waals surface area contributed by atoms with Gasteiger partial charge in [-0.25, -0.2) is 0 Å². The Morgan fingerprint density at radius 3 is 2.31 bits per heavy atom. The average Bonchev–Trinajstić information content (AvgIpc) is 2.83. The Bertz CT molecular complexity index is 1100. The van der Waals surface area contributed by atoms with E-state index in [1.807, 2.05) is 56.3 Å². The second kappa shape index (κ2) is 9.88. The van der Waals surface area contributed by atoms with E-state index in [2.05, 4.69) is 5.32 Å². The van der Waals surface area contributed by atoms with E-state index in [0.717, 1.165) is 53.8 Å². The fourth-order valence-electron chi connectivity index (χ4n) is 6.82. The molecule has 5 nitrogen and oxygen atoms in total. The first-order valence-electron chi connectivity index (χ1n) is 12.9. The number of rotatable bonds is 9. The molecule has 1 N–H and O–H groups in total. The number of hydrogen-bond donors (Lipinski definition) is 1. The van der Waals surface area contributed by atoms with E-state index in [-0.39, 0.29) is 17.9 Å². The molecule has 0 aliphatic heterocycles. The van der Waals surface area contributed by atoms with Crippen LogP contribution in [0.25, 0.3) is 6.08 Å². The normalized spacial score (nSPS) is 26.6. The molecule has 4 bridgehead atoms. The Morgan fingerprint density at radius 2 is 1.66 bits per heavy atom. The first-order valence-corrected chi connectivity index (χ1v) is 12.9. The van der Waals surface area contributed by atoms with Crippen LogP contribution in [0.15, 0.2) is 48.5 Å². The number of allylic oxidation sites excluding steroid dienone is 1. The maximum absolute atomic E-state index is 13.3. The molecule has 0 aromatic heterocycles. The molecule has 2 aromatic carbocycles. The number of carbonyl (C=O) groups is 2. The molecule has 1 amide bonds. The molecular weight excluding hydrogens is 438 g/mol. The van der Waals surface area contributed by atoms with Crippen molar-refractivity contribution >= 4 is 23.5 Å². The molecule has 0 spiro atoms. The third kappa shape index (κ3) is 5.14. The van der Waals surface area contributed by atoms with Gasteiger partial charge in [-0.1, -0.05) is 30.3 Å². The lowest BCUT2D eigenvalue weighted by atomic mass is 9.48. The number of aryl methyl sites for hydroxylation is 1. The Morgan fingerprint density at radius 1 is 0.971 bits per heavy atom. The molecule has 4 fully saturated rings. The van der Waals surface area contributed by atoms with Crippen molar-refractivity contribution < 1.29 is 19.1 Å². The molecule has 0 atom stereocenters. The fraction of sp³-hybridized carbons (Fsp3) is 0.467. The molecule has 4 saturated carbocycles. The van der Waals surface area contributed by atoms with Crippen molar-refractivity contribution in [1.29, 1.82) is 0 Å². The third-order valence-corrected chi connectivity index (χ3v) is 8.03. The Kier molecular flexibility index (Phi) is 6.68.